The molecule has 19 heavy (non-hydrogen) atoms. The summed E-state index contributed by atoms with van der Waals surface area (Å²) >= 11 is 0. The fraction of sp³-hybridized carbons (Fsp3) is 0.429. The predicted molar refractivity (Wildman–Crippen MR) is 76.1 cm³/mol. The van der Waals surface area contributed by atoms with Gasteiger partial charge in [-0.2, -0.15) is 0 Å². The number of likely N-dealkylation sites (N-methyl/N-ethyl adjacent to an activating group) is 1. The molecule has 0 aliphatic rings. The van der Waals surface area contributed by atoms with Crippen molar-refractivity contribution in [2.24, 2.45) is 5.73 Å². The van der Waals surface area contributed by atoms with Crippen molar-refractivity contribution in [2.45, 2.75) is 33.2 Å². The van der Waals surface area contributed by atoms with Crippen LogP contribution in [0.4, 0.5) is 5.69 Å². The summed E-state index contributed by atoms with van der Waals surface area (Å²) in [7, 11) is 0. The van der Waals surface area contributed by atoms with E-state index in [9.17, 15) is 9.59 Å². The van der Waals surface area contributed by atoms with Gasteiger partial charge in [-0.15, -0.1) is 0 Å². The fourth-order valence-corrected chi connectivity index (χ4v) is 1.76. The van der Waals surface area contributed by atoms with Crippen LogP contribution in [-0.2, 0) is 4.79 Å². The number of primary amides is 1. The van der Waals surface area contributed by atoms with Crippen LogP contribution in [0, 0.1) is 6.92 Å². The number of benzene rings is 1. The van der Waals surface area contributed by atoms with Gasteiger partial charge in [-0.3, -0.25) is 9.59 Å². The molecule has 1 aromatic carbocycles. The molecule has 0 saturated heterocycles. The predicted octanol–water partition coefficient (Wildman–Crippen LogP) is 1.42. The van der Waals surface area contributed by atoms with E-state index in [1.165, 1.54) is 0 Å². The van der Waals surface area contributed by atoms with Gasteiger partial charge in [0.05, 0.1) is 5.54 Å². The maximum atomic E-state index is 12.1. The van der Waals surface area contributed by atoms with Gasteiger partial charge in [0.25, 0.3) is 0 Å². The number of aryl methyl sites for hydroxylation is 1. The Balaban J connectivity index is 2.89. The van der Waals surface area contributed by atoms with Crippen molar-refractivity contribution in [1.82, 2.24) is 5.32 Å². The topological polar surface area (TPSA) is 84.2 Å². The molecule has 5 heteroatoms. The zero-order chi connectivity index (χ0) is 14.6. The van der Waals surface area contributed by atoms with E-state index in [4.69, 9.17) is 5.73 Å². The van der Waals surface area contributed by atoms with E-state index in [-0.39, 0.29) is 5.91 Å². The minimum atomic E-state index is -0.649. The summed E-state index contributed by atoms with van der Waals surface area (Å²) in [5, 5.41) is 5.95. The first-order valence-electron chi connectivity index (χ1n) is 6.25. The zero-order valence-electron chi connectivity index (χ0n) is 11.8. The summed E-state index contributed by atoms with van der Waals surface area (Å²) in [6.45, 7) is 8.11. The maximum Gasteiger partial charge on any atom is 0.248 e. The molecule has 5 nitrogen and oxygen atoms in total. The molecule has 0 aromatic heterocycles. The number of carbonyl (C=O) groups excluding carboxylic acids is 2. The molecule has 104 valence electrons. The first-order chi connectivity index (χ1) is 8.77. The van der Waals surface area contributed by atoms with Crippen LogP contribution in [0.25, 0.3) is 0 Å². The van der Waals surface area contributed by atoms with Crippen LogP contribution in [-0.4, -0.2) is 23.9 Å². The Hall–Kier alpha value is -1.88. The second-order valence-electron chi connectivity index (χ2n) is 5.00. The number of amides is 2. The first-order valence-corrected chi connectivity index (χ1v) is 6.25. The van der Waals surface area contributed by atoms with Crippen LogP contribution in [0.5, 0.6) is 0 Å². The Kier molecular flexibility index (Phi) is 4.67. The highest BCUT2D eigenvalue weighted by Crippen LogP contribution is 2.18. The van der Waals surface area contributed by atoms with E-state index >= 15 is 0 Å². The molecule has 0 aliphatic heterocycles. The van der Waals surface area contributed by atoms with Crippen LogP contribution >= 0.6 is 0 Å². The molecule has 0 atom stereocenters. The largest absolute Gasteiger partial charge is 0.366 e. The first kappa shape index (κ1) is 15.2. The molecular formula is C14H21N3O2. The zero-order valence-corrected chi connectivity index (χ0v) is 11.8. The summed E-state index contributed by atoms with van der Waals surface area (Å²) in [6, 6.07) is 4.96. The maximum absolute atomic E-state index is 12.1. The SMILES string of the molecule is CCNC(C)(C)C(=O)Nc1ccc(C(N)=O)cc1C. The number of hydrogen-bond acceptors (Lipinski definition) is 3. The lowest BCUT2D eigenvalue weighted by molar-refractivity contribution is -0.121. The lowest BCUT2D eigenvalue weighted by atomic mass is 10.0. The molecule has 0 unspecified atom stereocenters. The number of nitrogens with two attached hydrogens (primary N) is 1. The third-order valence-corrected chi connectivity index (χ3v) is 2.95. The molecule has 0 bridgehead atoms. The molecule has 0 heterocycles. The van der Waals surface area contributed by atoms with Crippen LogP contribution < -0.4 is 16.4 Å². The Morgan fingerprint density at radius 2 is 1.95 bits per heavy atom. The summed E-state index contributed by atoms with van der Waals surface area (Å²) in [6.07, 6.45) is 0. The van der Waals surface area contributed by atoms with Crippen molar-refractivity contribution < 1.29 is 9.59 Å². The van der Waals surface area contributed by atoms with Crippen LogP contribution in [0.1, 0.15) is 36.7 Å². The third-order valence-electron chi connectivity index (χ3n) is 2.95. The standard InChI is InChI=1S/C14H21N3O2/c1-5-16-14(3,4)13(19)17-11-7-6-10(12(15)18)8-9(11)2/h6-8,16H,5H2,1-4H3,(H2,15,18)(H,17,19). The van der Waals surface area contributed by atoms with Crippen LogP contribution in [0.2, 0.25) is 0 Å². The van der Waals surface area contributed by atoms with Gasteiger partial charge in [0, 0.05) is 11.3 Å². The summed E-state index contributed by atoms with van der Waals surface area (Å²) in [4.78, 5) is 23.2. The fourth-order valence-electron chi connectivity index (χ4n) is 1.76. The molecule has 4 N–H and O–H groups in total. The number of rotatable bonds is 5. The highest BCUT2D eigenvalue weighted by atomic mass is 16.2. The number of carbonyl (C=O) groups is 2. The highest BCUT2D eigenvalue weighted by molar-refractivity contribution is 5.99. The van der Waals surface area contributed by atoms with Crippen LogP contribution in [0.3, 0.4) is 0 Å². The molecule has 0 saturated carbocycles. The second-order valence-corrected chi connectivity index (χ2v) is 5.00. The van der Waals surface area contributed by atoms with E-state index < -0.39 is 11.4 Å². The molecule has 1 aromatic rings. The Labute approximate surface area is 113 Å². The van der Waals surface area contributed by atoms with Crippen molar-refractivity contribution in [3.05, 3.63) is 29.3 Å². The molecule has 0 radical (unpaired) electrons. The quantitative estimate of drug-likeness (QED) is 0.751. The van der Waals surface area contributed by atoms with Gasteiger partial charge in [0.15, 0.2) is 0 Å². The van der Waals surface area contributed by atoms with E-state index in [1.54, 1.807) is 18.2 Å². The van der Waals surface area contributed by atoms with Gasteiger partial charge in [0.2, 0.25) is 11.8 Å². The van der Waals surface area contributed by atoms with Gasteiger partial charge >= 0.3 is 0 Å². The van der Waals surface area contributed by atoms with Crippen molar-refractivity contribution in [3.8, 4) is 0 Å². The summed E-state index contributed by atoms with van der Waals surface area (Å²) < 4.78 is 0. The number of anilines is 1. The summed E-state index contributed by atoms with van der Waals surface area (Å²) in [5.41, 5.74) is 6.47. The van der Waals surface area contributed by atoms with Gasteiger partial charge < -0.3 is 16.4 Å². The van der Waals surface area contributed by atoms with E-state index in [1.807, 2.05) is 27.7 Å². The lowest BCUT2D eigenvalue weighted by Crippen LogP contribution is -2.49. The van der Waals surface area contributed by atoms with Crippen LogP contribution in [0.15, 0.2) is 18.2 Å². The van der Waals surface area contributed by atoms with Gasteiger partial charge in [-0.05, 0) is 51.1 Å². The van der Waals surface area contributed by atoms with E-state index in [0.717, 1.165) is 5.56 Å². The molecule has 0 aliphatic carbocycles. The molecular weight excluding hydrogens is 242 g/mol. The normalized spacial score (nSPS) is 11.2. The van der Waals surface area contributed by atoms with E-state index in [0.29, 0.717) is 17.8 Å². The number of hydrogen-bond donors (Lipinski definition) is 3. The van der Waals surface area contributed by atoms with Crippen molar-refractivity contribution >= 4 is 17.5 Å². The molecule has 2 amide bonds. The molecule has 0 spiro atoms. The molecule has 1 rings (SSSR count). The van der Waals surface area contributed by atoms with Crippen molar-refractivity contribution in [3.63, 3.8) is 0 Å². The Morgan fingerprint density at radius 1 is 1.32 bits per heavy atom. The monoisotopic (exact) mass is 263 g/mol. The minimum Gasteiger partial charge on any atom is -0.366 e. The second kappa shape index (κ2) is 5.84. The third kappa shape index (κ3) is 3.79. The van der Waals surface area contributed by atoms with Crippen molar-refractivity contribution in [2.75, 3.05) is 11.9 Å². The average molecular weight is 263 g/mol. The lowest BCUT2D eigenvalue weighted by Gasteiger charge is -2.25. The summed E-state index contributed by atoms with van der Waals surface area (Å²) in [5.74, 6) is -0.599. The highest BCUT2D eigenvalue weighted by Gasteiger charge is 2.26. The average Bonchev–Trinajstić information content (AvgIpc) is 2.31. The minimum absolute atomic E-state index is 0.121. The Bertz CT molecular complexity index is 495. The van der Waals surface area contributed by atoms with Gasteiger partial charge in [-0.1, -0.05) is 6.92 Å². The Morgan fingerprint density at radius 3 is 2.42 bits per heavy atom. The van der Waals surface area contributed by atoms with Gasteiger partial charge in [-0.25, -0.2) is 0 Å². The van der Waals surface area contributed by atoms with E-state index in [2.05, 4.69) is 10.6 Å². The van der Waals surface area contributed by atoms with Gasteiger partial charge in [0.1, 0.15) is 0 Å². The molecule has 0 fully saturated rings. The smallest absolute Gasteiger partial charge is 0.248 e. The number of nitrogens with one attached hydrogen (secondary N) is 2. The van der Waals surface area contributed by atoms with Crippen molar-refractivity contribution in [1.29, 1.82) is 0 Å².